The molecule has 0 spiro atoms. The zero-order valence-corrected chi connectivity index (χ0v) is 25.0. The van der Waals surface area contributed by atoms with Gasteiger partial charge < -0.3 is 24.6 Å². The molecule has 4 heterocycles. The third kappa shape index (κ3) is 6.45. The minimum atomic E-state index is -5.22. The topological polar surface area (TPSA) is 116 Å². The molecule has 0 amide bonds. The Kier molecular flexibility index (Phi) is 8.63. The highest BCUT2D eigenvalue weighted by atomic mass is 35.5. The lowest BCUT2D eigenvalue weighted by atomic mass is 10.0. The fourth-order valence-corrected chi connectivity index (χ4v) is 6.14. The van der Waals surface area contributed by atoms with E-state index in [4.69, 9.17) is 26.3 Å². The number of likely N-dealkylation sites (tertiary alicyclic amines) is 1. The summed E-state index contributed by atoms with van der Waals surface area (Å²) in [4.78, 5) is 29.8. The number of carbonyl (C=O) groups is 1. The molecule has 2 saturated heterocycles. The number of nitriles is 1. The minimum Gasteiger partial charge on any atom is -0.462 e. The molecular weight excluding hydrogens is 611 g/mol. The number of pyridine rings is 1. The lowest BCUT2D eigenvalue weighted by molar-refractivity contribution is -0.203. The van der Waals surface area contributed by atoms with Crippen LogP contribution in [0, 0.1) is 11.3 Å². The summed E-state index contributed by atoms with van der Waals surface area (Å²) in [5.41, 5.74) is 1.81. The number of fused-ring (bicyclic) bond motifs is 2. The number of nitrogens with zero attached hydrogens (tertiary/aromatic N) is 6. The van der Waals surface area contributed by atoms with Crippen molar-refractivity contribution < 1.29 is 27.4 Å². The number of alkyl halides is 3. The molecule has 3 atom stereocenters. The molecule has 1 unspecified atom stereocenters. The van der Waals surface area contributed by atoms with Crippen LogP contribution in [0.5, 0.6) is 6.01 Å². The maximum atomic E-state index is 12.9. The van der Waals surface area contributed by atoms with Crippen molar-refractivity contribution in [3.05, 3.63) is 53.6 Å². The van der Waals surface area contributed by atoms with Gasteiger partial charge in [0.2, 0.25) is 6.10 Å². The molecule has 0 saturated carbocycles. The predicted octanol–water partition coefficient (Wildman–Crippen LogP) is 4.75. The maximum Gasteiger partial charge on any atom is 0.490 e. The number of carbonyl (C=O) groups excluding carboxylic acids is 1. The van der Waals surface area contributed by atoms with Gasteiger partial charge in [0, 0.05) is 41.6 Å². The number of piperazine rings is 1. The molecule has 2 aromatic heterocycles. The number of ether oxygens (including phenoxy) is 2. The summed E-state index contributed by atoms with van der Waals surface area (Å²) in [6.07, 6.45) is -4.85. The van der Waals surface area contributed by atoms with Crippen molar-refractivity contribution in [3.8, 4) is 23.3 Å². The Hall–Kier alpha value is -4.25. The lowest BCUT2D eigenvalue weighted by Gasteiger charge is -2.36. The Morgan fingerprint density at radius 3 is 2.69 bits per heavy atom. The van der Waals surface area contributed by atoms with Gasteiger partial charge in [0.05, 0.1) is 17.1 Å². The number of anilines is 1. The Morgan fingerprint density at radius 1 is 1.16 bits per heavy atom. The van der Waals surface area contributed by atoms with Gasteiger partial charge in [-0.2, -0.15) is 28.4 Å². The highest BCUT2D eigenvalue weighted by Gasteiger charge is 2.44. The molecule has 1 N–H and O–H groups in total. The van der Waals surface area contributed by atoms with Crippen molar-refractivity contribution in [1.29, 1.82) is 5.26 Å². The number of esters is 1. The van der Waals surface area contributed by atoms with Crippen molar-refractivity contribution in [1.82, 2.24) is 25.2 Å². The van der Waals surface area contributed by atoms with Gasteiger partial charge in [-0.15, -0.1) is 0 Å². The minimum absolute atomic E-state index is 0.0287. The largest absolute Gasteiger partial charge is 0.490 e. The van der Waals surface area contributed by atoms with Crippen LogP contribution in [-0.4, -0.2) is 90.0 Å². The molecule has 10 nitrogen and oxygen atoms in total. The summed E-state index contributed by atoms with van der Waals surface area (Å²) in [6, 6.07) is 16.2. The second-order valence-electron chi connectivity index (χ2n) is 11.1. The third-order valence-electron chi connectivity index (χ3n) is 8.19. The number of hydrogen-bond acceptors (Lipinski definition) is 10. The normalized spacial score (nSPS) is 19.9. The Balaban J connectivity index is 1.38. The van der Waals surface area contributed by atoms with Crippen LogP contribution in [-0.2, 0) is 9.53 Å². The summed E-state index contributed by atoms with van der Waals surface area (Å²) >= 11 is 6.60. The van der Waals surface area contributed by atoms with Crippen molar-refractivity contribution in [2.45, 2.75) is 37.2 Å². The zero-order chi connectivity index (χ0) is 31.7. The molecule has 4 aromatic rings. The van der Waals surface area contributed by atoms with E-state index >= 15 is 0 Å². The highest BCUT2D eigenvalue weighted by molar-refractivity contribution is 6.36. The zero-order valence-electron chi connectivity index (χ0n) is 24.2. The van der Waals surface area contributed by atoms with E-state index in [1.807, 2.05) is 60.5 Å². The van der Waals surface area contributed by atoms with Gasteiger partial charge in [0.1, 0.15) is 18.5 Å². The van der Waals surface area contributed by atoms with Crippen LogP contribution in [0.4, 0.5) is 19.0 Å². The van der Waals surface area contributed by atoms with E-state index in [-0.39, 0.29) is 18.6 Å². The second kappa shape index (κ2) is 12.6. The molecular formula is C31H29ClF3N7O3. The summed E-state index contributed by atoms with van der Waals surface area (Å²) in [7, 11) is 2.04. The SMILES string of the molecule is CN1CCC[C@H]1COc1nc(N2CCN[C@H](C(C#N)OC(=O)C(F)(F)F)C2)c2ccc(-c3cccc4cccc(Cl)c34)nc2n1. The van der Waals surface area contributed by atoms with Crippen molar-refractivity contribution in [3.63, 3.8) is 0 Å². The average molecular weight is 640 g/mol. The Labute approximate surface area is 261 Å². The molecule has 45 heavy (non-hydrogen) atoms. The van der Waals surface area contributed by atoms with Crippen LogP contribution in [0.15, 0.2) is 48.5 Å². The fourth-order valence-electron chi connectivity index (χ4n) is 5.85. The van der Waals surface area contributed by atoms with Crippen molar-refractivity contribution in [2.75, 3.05) is 44.7 Å². The fraction of sp³-hybridized carbons (Fsp3) is 0.387. The van der Waals surface area contributed by atoms with Gasteiger partial charge in [-0.3, -0.25) is 0 Å². The average Bonchev–Trinajstić information content (AvgIpc) is 3.45. The monoisotopic (exact) mass is 639 g/mol. The molecule has 0 radical (unpaired) electrons. The molecule has 0 aliphatic carbocycles. The number of nitrogens with one attached hydrogen (secondary N) is 1. The Morgan fingerprint density at radius 2 is 1.96 bits per heavy atom. The number of benzene rings is 2. The van der Waals surface area contributed by atoms with Gasteiger partial charge in [-0.05, 0) is 50.0 Å². The summed E-state index contributed by atoms with van der Waals surface area (Å²) in [5, 5.41) is 15.5. The molecule has 6 rings (SSSR count). The molecule has 2 aliphatic rings. The van der Waals surface area contributed by atoms with E-state index in [9.17, 15) is 23.2 Å². The number of aromatic nitrogens is 3. The maximum absolute atomic E-state index is 12.9. The first-order valence-electron chi connectivity index (χ1n) is 14.5. The van der Waals surface area contributed by atoms with Gasteiger partial charge >= 0.3 is 18.2 Å². The molecule has 2 aromatic carbocycles. The van der Waals surface area contributed by atoms with Crippen LogP contribution in [0.2, 0.25) is 5.02 Å². The van der Waals surface area contributed by atoms with E-state index in [1.54, 1.807) is 6.07 Å². The van der Waals surface area contributed by atoms with Crippen LogP contribution in [0.3, 0.4) is 0 Å². The molecule has 14 heteroatoms. The second-order valence-corrected chi connectivity index (χ2v) is 11.5. The van der Waals surface area contributed by atoms with Gasteiger partial charge in [0.25, 0.3) is 0 Å². The van der Waals surface area contributed by atoms with E-state index in [2.05, 4.69) is 19.9 Å². The summed E-state index contributed by atoms with van der Waals surface area (Å²) in [5.74, 6) is -1.98. The van der Waals surface area contributed by atoms with Crippen LogP contribution in [0.1, 0.15) is 12.8 Å². The van der Waals surface area contributed by atoms with E-state index in [0.717, 1.165) is 35.7 Å². The Bertz CT molecular complexity index is 1780. The van der Waals surface area contributed by atoms with Crippen molar-refractivity contribution >= 4 is 45.2 Å². The smallest absolute Gasteiger partial charge is 0.462 e. The summed E-state index contributed by atoms with van der Waals surface area (Å²) < 4.78 is 49.3. The number of hydrogen-bond donors (Lipinski definition) is 1. The predicted molar refractivity (Wildman–Crippen MR) is 162 cm³/mol. The molecule has 2 aliphatic heterocycles. The quantitative estimate of drug-likeness (QED) is 0.284. The molecule has 234 valence electrons. The van der Waals surface area contributed by atoms with Gasteiger partial charge in [0.15, 0.2) is 5.65 Å². The number of likely N-dealkylation sites (N-methyl/N-ethyl adjacent to an activating group) is 1. The van der Waals surface area contributed by atoms with E-state index in [0.29, 0.717) is 47.3 Å². The standard InChI is InChI=1S/C31H29ClF3N7O3/c1-41-13-4-7-19(41)17-44-30-39-27-21(10-11-23(38-27)20-8-2-5-18-6-3-9-22(32)26(18)20)28(40-30)42-14-12-37-24(16-42)25(15-36)45-29(43)31(33,34)35/h2-3,5-6,8-11,19,24-25,37H,4,7,12-14,16-17H2,1H3/t19-,24-,25?/m0/s1. The summed E-state index contributed by atoms with van der Waals surface area (Å²) in [6.45, 7) is 2.06. The van der Waals surface area contributed by atoms with E-state index < -0.39 is 24.3 Å². The van der Waals surface area contributed by atoms with Crippen LogP contribution >= 0.6 is 11.6 Å². The van der Waals surface area contributed by atoms with Crippen molar-refractivity contribution in [2.24, 2.45) is 0 Å². The van der Waals surface area contributed by atoms with Crippen LogP contribution < -0.4 is 15.0 Å². The first-order chi connectivity index (χ1) is 21.6. The number of halogens is 4. The first kappa shape index (κ1) is 30.8. The number of rotatable bonds is 7. The van der Waals surface area contributed by atoms with E-state index in [1.165, 1.54) is 0 Å². The first-order valence-corrected chi connectivity index (χ1v) is 14.9. The molecule has 2 fully saturated rings. The third-order valence-corrected chi connectivity index (χ3v) is 8.50. The lowest BCUT2D eigenvalue weighted by Crippen LogP contribution is -2.57. The van der Waals surface area contributed by atoms with Crippen LogP contribution in [0.25, 0.3) is 33.1 Å². The molecule has 0 bridgehead atoms. The van der Waals surface area contributed by atoms with Gasteiger partial charge in [-0.25, -0.2) is 9.78 Å². The highest BCUT2D eigenvalue weighted by Crippen LogP contribution is 2.35. The van der Waals surface area contributed by atoms with Gasteiger partial charge in [-0.1, -0.05) is 41.9 Å².